The van der Waals surface area contributed by atoms with Crippen LogP contribution in [0.5, 0.6) is 0 Å². The van der Waals surface area contributed by atoms with E-state index in [0.29, 0.717) is 5.41 Å². The summed E-state index contributed by atoms with van der Waals surface area (Å²) in [6, 6.07) is 0. The van der Waals surface area contributed by atoms with Crippen LogP contribution in [0.2, 0.25) is 0 Å². The molecule has 2 aliphatic carbocycles. The van der Waals surface area contributed by atoms with Crippen molar-refractivity contribution in [3.8, 4) is 0 Å². The van der Waals surface area contributed by atoms with Crippen LogP contribution in [0, 0.1) is 40.9 Å². The van der Waals surface area contributed by atoms with Crippen LogP contribution < -0.4 is 0 Å². The van der Waals surface area contributed by atoms with Crippen LogP contribution in [-0.4, -0.2) is 0 Å². The minimum atomic E-state index is 0.685. The predicted molar refractivity (Wildman–Crippen MR) is 99.0 cm³/mol. The molecule has 0 aromatic heterocycles. The van der Waals surface area contributed by atoms with E-state index in [0.717, 1.165) is 35.5 Å². The van der Waals surface area contributed by atoms with Gasteiger partial charge in [-0.25, -0.2) is 0 Å². The Hall–Kier alpha value is 0. The van der Waals surface area contributed by atoms with E-state index in [-0.39, 0.29) is 0 Å². The lowest BCUT2D eigenvalue weighted by atomic mass is 9.69. The van der Waals surface area contributed by atoms with E-state index >= 15 is 0 Å². The van der Waals surface area contributed by atoms with Crippen molar-refractivity contribution in [1.29, 1.82) is 0 Å². The summed E-state index contributed by atoms with van der Waals surface area (Å²) >= 11 is 0. The third kappa shape index (κ3) is 3.90. The average Bonchev–Trinajstić information content (AvgIpc) is 3.19. The maximum atomic E-state index is 2.61. The molecule has 0 aliphatic heterocycles. The first-order valence-corrected chi connectivity index (χ1v) is 10.4. The highest BCUT2D eigenvalue weighted by molar-refractivity contribution is 5.05. The van der Waals surface area contributed by atoms with E-state index in [9.17, 15) is 0 Å². The molecule has 2 saturated carbocycles. The van der Waals surface area contributed by atoms with Crippen LogP contribution in [0.15, 0.2) is 0 Å². The van der Waals surface area contributed by atoms with Crippen molar-refractivity contribution < 1.29 is 0 Å². The largest absolute Gasteiger partial charge is 0.0654 e. The van der Waals surface area contributed by atoms with E-state index in [4.69, 9.17) is 0 Å². The normalized spacial score (nSPS) is 38.0. The molecule has 0 heterocycles. The van der Waals surface area contributed by atoms with Crippen LogP contribution in [0.1, 0.15) is 99.3 Å². The SMILES string of the molecule is CCCCC(C)C1(C)CC1C(CC)C1CCC(C(C)C)CC1. The van der Waals surface area contributed by atoms with Gasteiger partial charge in [0.15, 0.2) is 0 Å². The Balaban J connectivity index is 1.88. The van der Waals surface area contributed by atoms with Crippen LogP contribution in [-0.2, 0) is 0 Å². The van der Waals surface area contributed by atoms with Gasteiger partial charge in [0.1, 0.15) is 0 Å². The number of hydrogen-bond donors (Lipinski definition) is 0. The second-order valence-electron chi connectivity index (χ2n) is 9.35. The zero-order chi connectivity index (χ0) is 16.3. The van der Waals surface area contributed by atoms with Crippen LogP contribution in [0.4, 0.5) is 0 Å². The number of rotatable bonds is 8. The van der Waals surface area contributed by atoms with E-state index in [1.54, 1.807) is 0 Å². The maximum Gasteiger partial charge on any atom is -0.0266 e. The topological polar surface area (TPSA) is 0 Å². The molecular weight excluding hydrogens is 264 g/mol. The minimum Gasteiger partial charge on any atom is -0.0654 e. The molecule has 0 heteroatoms. The molecule has 130 valence electrons. The van der Waals surface area contributed by atoms with Crippen molar-refractivity contribution in [3.63, 3.8) is 0 Å². The monoisotopic (exact) mass is 306 g/mol. The Morgan fingerprint density at radius 3 is 2.05 bits per heavy atom. The lowest BCUT2D eigenvalue weighted by Gasteiger charge is -2.36. The van der Waals surface area contributed by atoms with Crippen LogP contribution >= 0.6 is 0 Å². The molecule has 0 aromatic rings. The summed E-state index contributed by atoms with van der Waals surface area (Å²) in [6.45, 7) is 14.8. The lowest BCUT2D eigenvalue weighted by Crippen LogP contribution is -2.27. The van der Waals surface area contributed by atoms with Crippen molar-refractivity contribution in [2.75, 3.05) is 0 Å². The van der Waals surface area contributed by atoms with E-state index in [2.05, 4.69) is 41.5 Å². The maximum absolute atomic E-state index is 2.61. The zero-order valence-corrected chi connectivity index (χ0v) is 16.3. The average molecular weight is 307 g/mol. The van der Waals surface area contributed by atoms with Crippen LogP contribution in [0.3, 0.4) is 0 Å². The van der Waals surface area contributed by atoms with Crippen molar-refractivity contribution >= 4 is 0 Å². The molecule has 0 N–H and O–H groups in total. The quantitative estimate of drug-likeness (QED) is 0.440. The predicted octanol–water partition coefficient (Wildman–Crippen LogP) is 7.33. The second-order valence-corrected chi connectivity index (χ2v) is 9.35. The molecule has 0 bridgehead atoms. The smallest absolute Gasteiger partial charge is 0.0266 e. The molecule has 2 rings (SSSR count). The van der Waals surface area contributed by atoms with Gasteiger partial charge in [0.25, 0.3) is 0 Å². The van der Waals surface area contributed by atoms with Gasteiger partial charge in [-0.05, 0) is 73.0 Å². The van der Waals surface area contributed by atoms with Gasteiger partial charge in [-0.2, -0.15) is 0 Å². The lowest BCUT2D eigenvalue weighted by molar-refractivity contribution is 0.138. The van der Waals surface area contributed by atoms with Crippen molar-refractivity contribution in [2.24, 2.45) is 40.9 Å². The molecule has 0 radical (unpaired) electrons. The fraction of sp³-hybridized carbons (Fsp3) is 1.00. The summed E-state index contributed by atoms with van der Waals surface area (Å²) in [7, 11) is 0. The number of hydrogen-bond acceptors (Lipinski definition) is 0. The van der Waals surface area contributed by atoms with Crippen LogP contribution in [0.25, 0.3) is 0 Å². The Morgan fingerprint density at radius 1 is 0.955 bits per heavy atom. The fourth-order valence-electron chi connectivity index (χ4n) is 5.65. The van der Waals surface area contributed by atoms with Crippen molar-refractivity contribution in [2.45, 2.75) is 99.3 Å². The summed E-state index contributed by atoms with van der Waals surface area (Å²) in [5, 5.41) is 0. The van der Waals surface area contributed by atoms with Crippen molar-refractivity contribution in [1.82, 2.24) is 0 Å². The van der Waals surface area contributed by atoms with Gasteiger partial charge in [-0.1, -0.05) is 67.2 Å². The Kier molecular flexibility index (Phi) is 6.43. The Bertz CT molecular complexity index is 323. The van der Waals surface area contributed by atoms with Gasteiger partial charge >= 0.3 is 0 Å². The first kappa shape index (κ1) is 18.3. The zero-order valence-electron chi connectivity index (χ0n) is 16.3. The molecule has 0 saturated heterocycles. The van der Waals surface area contributed by atoms with Gasteiger partial charge in [0.2, 0.25) is 0 Å². The third-order valence-electron chi connectivity index (χ3n) is 7.82. The van der Waals surface area contributed by atoms with E-state index in [1.807, 2.05) is 0 Å². The van der Waals surface area contributed by atoms with E-state index < -0.39 is 0 Å². The molecule has 4 atom stereocenters. The fourth-order valence-corrected chi connectivity index (χ4v) is 5.65. The summed E-state index contributed by atoms with van der Waals surface area (Å²) in [5.74, 6) is 5.99. The third-order valence-corrected chi connectivity index (χ3v) is 7.82. The summed E-state index contributed by atoms with van der Waals surface area (Å²) in [6.07, 6.45) is 13.3. The summed E-state index contributed by atoms with van der Waals surface area (Å²) < 4.78 is 0. The Labute approximate surface area is 140 Å². The van der Waals surface area contributed by atoms with Gasteiger partial charge in [-0.3, -0.25) is 0 Å². The summed E-state index contributed by atoms with van der Waals surface area (Å²) in [5.41, 5.74) is 0.685. The van der Waals surface area contributed by atoms with Gasteiger partial charge in [0, 0.05) is 0 Å². The Morgan fingerprint density at radius 2 is 1.55 bits per heavy atom. The van der Waals surface area contributed by atoms with Gasteiger partial charge in [0.05, 0.1) is 0 Å². The molecule has 0 spiro atoms. The highest BCUT2D eigenvalue weighted by Crippen LogP contribution is 2.64. The molecule has 2 aliphatic rings. The molecule has 0 amide bonds. The molecule has 2 fully saturated rings. The summed E-state index contributed by atoms with van der Waals surface area (Å²) in [4.78, 5) is 0. The van der Waals surface area contributed by atoms with Gasteiger partial charge in [-0.15, -0.1) is 0 Å². The molecule has 22 heavy (non-hydrogen) atoms. The highest BCUT2D eigenvalue weighted by Gasteiger charge is 2.56. The highest BCUT2D eigenvalue weighted by atomic mass is 14.6. The van der Waals surface area contributed by atoms with E-state index in [1.165, 1.54) is 57.8 Å². The molecule has 4 unspecified atom stereocenters. The standard InChI is InChI=1S/C22H42/c1-7-9-10-17(5)22(6)15-21(22)20(8-2)19-13-11-18(12-14-19)16(3)4/h16-21H,7-15H2,1-6H3. The molecule has 0 aromatic carbocycles. The first-order valence-electron chi connectivity index (χ1n) is 10.4. The van der Waals surface area contributed by atoms with Gasteiger partial charge < -0.3 is 0 Å². The second kappa shape index (κ2) is 7.71. The minimum absolute atomic E-state index is 0.685. The first-order chi connectivity index (χ1) is 10.4. The molecule has 0 nitrogen and oxygen atoms in total. The number of unbranched alkanes of at least 4 members (excludes halogenated alkanes) is 1. The molecular formula is C22H42. The van der Waals surface area contributed by atoms with Crippen molar-refractivity contribution in [3.05, 3.63) is 0 Å².